The topological polar surface area (TPSA) is 38.3 Å². The molecule has 3 rings (SSSR count). The first-order chi connectivity index (χ1) is 9.76. The summed E-state index contributed by atoms with van der Waals surface area (Å²) in [5.74, 6) is 2.37. The minimum absolute atomic E-state index is 0.0499. The molecule has 2 saturated carbocycles. The van der Waals surface area contributed by atoms with Crippen LogP contribution < -0.4 is 10.1 Å². The lowest BCUT2D eigenvalue weighted by Crippen LogP contribution is -2.45. The molecule has 0 heterocycles. The van der Waals surface area contributed by atoms with Crippen LogP contribution in [0.1, 0.15) is 39.0 Å². The molecular formula is C17H23NO2. The molecule has 2 fully saturated rings. The molecule has 20 heavy (non-hydrogen) atoms. The number of hydrogen-bond donors (Lipinski definition) is 1. The summed E-state index contributed by atoms with van der Waals surface area (Å²) in [6.07, 6.45) is 5.43. The summed E-state index contributed by atoms with van der Waals surface area (Å²) < 4.78 is 5.80. The van der Waals surface area contributed by atoms with E-state index in [-0.39, 0.29) is 12.0 Å². The van der Waals surface area contributed by atoms with E-state index in [0.717, 1.165) is 18.1 Å². The monoisotopic (exact) mass is 273 g/mol. The SMILES string of the molecule is CC[C@@H](Oc1ccccc1)C(=O)N[C@H]1C[C@@H]2CC[C@@H]1C2. The number of rotatable bonds is 5. The maximum Gasteiger partial charge on any atom is 0.261 e. The molecule has 3 nitrogen and oxygen atoms in total. The third-order valence-corrected chi connectivity index (χ3v) is 4.75. The highest BCUT2D eigenvalue weighted by atomic mass is 16.5. The second-order valence-electron chi connectivity index (χ2n) is 6.12. The molecule has 0 aliphatic heterocycles. The molecule has 2 bridgehead atoms. The molecule has 0 aromatic heterocycles. The zero-order valence-corrected chi connectivity index (χ0v) is 12.0. The molecule has 1 amide bonds. The maximum absolute atomic E-state index is 12.4. The Morgan fingerprint density at radius 1 is 1.30 bits per heavy atom. The van der Waals surface area contributed by atoms with E-state index in [0.29, 0.717) is 18.4 Å². The predicted octanol–water partition coefficient (Wildman–Crippen LogP) is 3.15. The highest BCUT2D eigenvalue weighted by Crippen LogP contribution is 2.44. The lowest BCUT2D eigenvalue weighted by molar-refractivity contribution is -0.129. The van der Waals surface area contributed by atoms with Gasteiger partial charge in [0.05, 0.1) is 0 Å². The smallest absolute Gasteiger partial charge is 0.261 e. The number of carbonyl (C=O) groups is 1. The molecule has 2 aliphatic carbocycles. The van der Waals surface area contributed by atoms with Crippen molar-refractivity contribution in [2.24, 2.45) is 11.8 Å². The van der Waals surface area contributed by atoms with Crippen LogP contribution in [0.5, 0.6) is 5.75 Å². The van der Waals surface area contributed by atoms with E-state index in [2.05, 4.69) is 5.32 Å². The van der Waals surface area contributed by atoms with E-state index >= 15 is 0 Å². The molecule has 4 atom stereocenters. The van der Waals surface area contributed by atoms with Crippen LogP contribution in [0.3, 0.4) is 0 Å². The Balaban J connectivity index is 1.57. The normalized spacial score (nSPS) is 29.1. The summed E-state index contributed by atoms with van der Waals surface area (Å²) in [6, 6.07) is 9.98. The average Bonchev–Trinajstić information content (AvgIpc) is 3.08. The Hall–Kier alpha value is -1.51. The number of carbonyl (C=O) groups excluding carboxylic acids is 1. The van der Waals surface area contributed by atoms with Crippen molar-refractivity contribution in [1.29, 1.82) is 0 Å². The Kier molecular flexibility index (Phi) is 3.95. The zero-order chi connectivity index (χ0) is 13.9. The number of amides is 1. The summed E-state index contributed by atoms with van der Waals surface area (Å²) in [7, 11) is 0. The largest absolute Gasteiger partial charge is 0.481 e. The number of hydrogen-bond acceptors (Lipinski definition) is 2. The van der Waals surface area contributed by atoms with Gasteiger partial charge in [0, 0.05) is 6.04 Å². The van der Waals surface area contributed by atoms with Gasteiger partial charge in [0.25, 0.3) is 5.91 Å². The van der Waals surface area contributed by atoms with Gasteiger partial charge < -0.3 is 10.1 Å². The Morgan fingerprint density at radius 2 is 2.10 bits per heavy atom. The average molecular weight is 273 g/mol. The number of ether oxygens (including phenoxy) is 1. The van der Waals surface area contributed by atoms with E-state index < -0.39 is 0 Å². The molecule has 0 unspecified atom stereocenters. The van der Waals surface area contributed by atoms with Gasteiger partial charge in [-0.05, 0) is 49.7 Å². The maximum atomic E-state index is 12.4. The Bertz CT molecular complexity index is 459. The molecule has 1 N–H and O–H groups in total. The van der Waals surface area contributed by atoms with Crippen molar-refractivity contribution in [3.05, 3.63) is 30.3 Å². The van der Waals surface area contributed by atoms with Crippen molar-refractivity contribution < 1.29 is 9.53 Å². The van der Waals surface area contributed by atoms with Crippen LogP contribution in [0.15, 0.2) is 30.3 Å². The van der Waals surface area contributed by atoms with E-state index in [4.69, 9.17) is 4.74 Å². The van der Waals surface area contributed by atoms with E-state index in [9.17, 15) is 4.79 Å². The fourth-order valence-electron chi connectivity index (χ4n) is 3.68. The summed E-state index contributed by atoms with van der Waals surface area (Å²) in [6.45, 7) is 1.99. The van der Waals surface area contributed by atoms with Crippen LogP contribution in [0.25, 0.3) is 0 Å². The van der Waals surface area contributed by atoms with Gasteiger partial charge in [-0.25, -0.2) is 0 Å². The molecular weight excluding hydrogens is 250 g/mol. The van der Waals surface area contributed by atoms with Crippen molar-refractivity contribution in [2.75, 3.05) is 0 Å². The van der Waals surface area contributed by atoms with Gasteiger partial charge >= 0.3 is 0 Å². The number of fused-ring (bicyclic) bond motifs is 2. The first-order valence-electron chi connectivity index (χ1n) is 7.78. The van der Waals surface area contributed by atoms with Crippen LogP contribution in [-0.2, 0) is 4.79 Å². The Morgan fingerprint density at radius 3 is 2.70 bits per heavy atom. The quantitative estimate of drug-likeness (QED) is 0.895. The standard InChI is InChI=1S/C17H23NO2/c1-2-16(20-14-6-4-3-5-7-14)17(19)18-15-11-12-8-9-13(15)10-12/h3-7,12-13,15-16H,2,8-11H2,1H3,(H,18,19)/t12-,13-,15+,16-/m1/s1. The summed E-state index contributed by atoms with van der Waals surface area (Å²) in [5, 5.41) is 3.22. The van der Waals surface area contributed by atoms with Gasteiger partial charge in [0.15, 0.2) is 6.10 Å². The molecule has 1 aromatic rings. The second kappa shape index (κ2) is 5.86. The van der Waals surface area contributed by atoms with Gasteiger partial charge in [0.2, 0.25) is 0 Å². The lowest BCUT2D eigenvalue weighted by atomic mass is 9.95. The fourth-order valence-corrected chi connectivity index (χ4v) is 3.68. The van der Waals surface area contributed by atoms with Gasteiger partial charge in [0.1, 0.15) is 5.75 Å². The Labute approximate surface area is 120 Å². The van der Waals surface area contributed by atoms with Crippen LogP contribution in [0, 0.1) is 11.8 Å². The van der Waals surface area contributed by atoms with Crippen molar-refractivity contribution in [2.45, 2.75) is 51.2 Å². The second-order valence-corrected chi connectivity index (χ2v) is 6.12. The molecule has 3 heteroatoms. The van der Waals surface area contributed by atoms with Gasteiger partial charge in [-0.2, -0.15) is 0 Å². The van der Waals surface area contributed by atoms with E-state index in [1.165, 1.54) is 19.3 Å². The van der Waals surface area contributed by atoms with Crippen molar-refractivity contribution in [3.8, 4) is 5.75 Å². The third-order valence-electron chi connectivity index (χ3n) is 4.75. The van der Waals surface area contributed by atoms with Gasteiger partial charge in [-0.1, -0.05) is 31.5 Å². The number of nitrogens with one attached hydrogen (secondary N) is 1. The number of benzene rings is 1. The molecule has 0 saturated heterocycles. The van der Waals surface area contributed by atoms with Crippen LogP contribution in [0.4, 0.5) is 0 Å². The summed E-state index contributed by atoms with van der Waals surface area (Å²) >= 11 is 0. The van der Waals surface area contributed by atoms with Gasteiger partial charge in [-0.15, -0.1) is 0 Å². The van der Waals surface area contributed by atoms with Crippen LogP contribution in [-0.4, -0.2) is 18.1 Å². The predicted molar refractivity (Wildman–Crippen MR) is 78.5 cm³/mol. The van der Waals surface area contributed by atoms with Crippen LogP contribution >= 0.6 is 0 Å². The molecule has 108 valence electrons. The summed E-state index contributed by atoms with van der Waals surface area (Å²) in [4.78, 5) is 12.4. The van der Waals surface area contributed by atoms with Crippen molar-refractivity contribution >= 4 is 5.91 Å². The van der Waals surface area contributed by atoms with Crippen molar-refractivity contribution in [1.82, 2.24) is 5.32 Å². The van der Waals surface area contributed by atoms with E-state index in [1.807, 2.05) is 37.3 Å². The molecule has 0 spiro atoms. The number of para-hydroxylation sites is 1. The highest BCUT2D eigenvalue weighted by Gasteiger charge is 2.40. The minimum Gasteiger partial charge on any atom is -0.481 e. The third kappa shape index (κ3) is 2.82. The lowest BCUT2D eigenvalue weighted by Gasteiger charge is -2.25. The summed E-state index contributed by atoms with van der Waals surface area (Å²) in [5.41, 5.74) is 0. The molecule has 2 aliphatic rings. The van der Waals surface area contributed by atoms with E-state index in [1.54, 1.807) is 0 Å². The van der Waals surface area contributed by atoms with Crippen molar-refractivity contribution in [3.63, 3.8) is 0 Å². The van der Waals surface area contributed by atoms with Crippen LogP contribution in [0.2, 0.25) is 0 Å². The fraction of sp³-hybridized carbons (Fsp3) is 0.588. The van der Waals surface area contributed by atoms with Gasteiger partial charge in [-0.3, -0.25) is 4.79 Å². The first kappa shape index (κ1) is 13.5. The molecule has 0 radical (unpaired) electrons. The first-order valence-corrected chi connectivity index (χ1v) is 7.78. The minimum atomic E-state index is -0.378. The molecule has 1 aromatic carbocycles. The highest BCUT2D eigenvalue weighted by molar-refractivity contribution is 5.81. The zero-order valence-electron chi connectivity index (χ0n) is 12.0.